The largest absolute Gasteiger partial charge is 0.481 e. The molecule has 0 aromatic carbocycles. The highest BCUT2D eigenvalue weighted by molar-refractivity contribution is 5.62. The Morgan fingerprint density at radius 2 is 1.07 bits per heavy atom. The first-order valence-electron chi connectivity index (χ1n) is 5.89. The first-order valence-corrected chi connectivity index (χ1v) is 5.89. The van der Waals surface area contributed by atoms with E-state index in [1.165, 1.54) is 11.8 Å². The van der Waals surface area contributed by atoms with Gasteiger partial charge in [0.25, 0.3) is 5.97 Å². The first-order chi connectivity index (χ1) is 6.70. The molecule has 14 heavy (non-hydrogen) atoms. The van der Waals surface area contributed by atoms with E-state index < -0.39 is 5.97 Å². The summed E-state index contributed by atoms with van der Waals surface area (Å²) in [6.45, 7) is 9.08. The van der Waals surface area contributed by atoms with Crippen LogP contribution in [0.2, 0.25) is 0 Å². The lowest BCUT2D eigenvalue weighted by Gasteiger charge is -2.46. The molecule has 0 atom stereocenters. The van der Waals surface area contributed by atoms with Gasteiger partial charge in [0.15, 0.2) is 0 Å². The van der Waals surface area contributed by atoms with Crippen LogP contribution >= 0.6 is 0 Å². The van der Waals surface area contributed by atoms with Crippen LogP contribution in [0.5, 0.6) is 0 Å². The summed E-state index contributed by atoms with van der Waals surface area (Å²) in [7, 11) is 0. The van der Waals surface area contributed by atoms with Crippen molar-refractivity contribution in [1.29, 1.82) is 0 Å². The summed E-state index contributed by atoms with van der Waals surface area (Å²) in [5.74, 6) is 1.59. The maximum absolute atomic E-state index is 9.00. The standard InChI is InChI=1S/C6H10.C2H4O2.2C2H6/c1-2-6-4-3-5(1)6;1-2(3)4;2*1-2/h5-6H,1-4H2;1H3,(H,3,4);2*1-2H3. The zero-order valence-electron chi connectivity index (χ0n) is 10.3. The Hall–Kier alpha value is -0.530. The van der Waals surface area contributed by atoms with E-state index in [2.05, 4.69) is 0 Å². The second kappa shape index (κ2) is 10.6. The molecule has 2 saturated carbocycles. The Bertz CT molecular complexity index is 110. The van der Waals surface area contributed by atoms with E-state index in [1.54, 1.807) is 25.7 Å². The van der Waals surface area contributed by atoms with Crippen LogP contribution in [-0.4, -0.2) is 11.1 Å². The quantitative estimate of drug-likeness (QED) is 0.645. The summed E-state index contributed by atoms with van der Waals surface area (Å²) in [6.07, 6.45) is 6.24. The van der Waals surface area contributed by atoms with Gasteiger partial charge in [0.05, 0.1) is 0 Å². The minimum atomic E-state index is -0.833. The van der Waals surface area contributed by atoms with Gasteiger partial charge in [-0.15, -0.1) is 0 Å². The zero-order valence-corrected chi connectivity index (χ0v) is 10.3. The van der Waals surface area contributed by atoms with Crippen molar-refractivity contribution in [2.24, 2.45) is 11.8 Å². The third-order valence-corrected chi connectivity index (χ3v) is 2.48. The number of carboxylic acid groups (broad SMARTS) is 1. The van der Waals surface area contributed by atoms with Gasteiger partial charge in [-0.25, -0.2) is 0 Å². The van der Waals surface area contributed by atoms with Gasteiger partial charge < -0.3 is 5.11 Å². The molecule has 0 amide bonds. The summed E-state index contributed by atoms with van der Waals surface area (Å²) in [5.41, 5.74) is 0. The summed E-state index contributed by atoms with van der Waals surface area (Å²) in [5, 5.41) is 7.42. The number of carboxylic acids is 1. The molecule has 1 N–H and O–H groups in total. The lowest BCUT2D eigenvalue weighted by molar-refractivity contribution is -0.134. The molecule has 0 bridgehead atoms. The molecule has 2 heteroatoms. The van der Waals surface area contributed by atoms with Gasteiger partial charge in [0, 0.05) is 6.92 Å². The lowest BCUT2D eigenvalue weighted by Crippen LogP contribution is -2.34. The van der Waals surface area contributed by atoms with Crippen molar-refractivity contribution in [3.8, 4) is 0 Å². The number of hydrogen-bond acceptors (Lipinski definition) is 1. The van der Waals surface area contributed by atoms with Crippen molar-refractivity contribution in [2.75, 3.05) is 0 Å². The fraction of sp³-hybridized carbons (Fsp3) is 0.917. The molecule has 2 fully saturated rings. The molecular weight excluding hydrogens is 176 g/mol. The van der Waals surface area contributed by atoms with Crippen LogP contribution in [0.1, 0.15) is 60.3 Å². The third-order valence-electron chi connectivity index (χ3n) is 2.48. The van der Waals surface area contributed by atoms with E-state index in [9.17, 15) is 0 Å². The van der Waals surface area contributed by atoms with Crippen LogP contribution in [0.25, 0.3) is 0 Å². The van der Waals surface area contributed by atoms with E-state index in [1.807, 2.05) is 27.7 Å². The molecule has 2 aliphatic rings. The SMILES string of the molecule is C1CC2CCC12.CC.CC.CC(=O)O. The summed E-state index contributed by atoms with van der Waals surface area (Å²) < 4.78 is 0. The molecule has 0 aliphatic heterocycles. The zero-order chi connectivity index (χ0) is 11.6. The van der Waals surface area contributed by atoms with Crippen LogP contribution in [0.15, 0.2) is 0 Å². The van der Waals surface area contributed by atoms with Crippen molar-refractivity contribution < 1.29 is 9.90 Å². The maximum Gasteiger partial charge on any atom is 0.300 e. The van der Waals surface area contributed by atoms with Crippen LogP contribution < -0.4 is 0 Å². The van der Waals surface area contributed by atoms with Gasteiger partial charge >= 0.3 is 0 Å². The summed E-state index contributed by atoms with van der Waals surface area (Å²) in [4.78, 5) is 9.00. The van der Waals surface area contributed by atoms with Crippen molar-refractivity contribution in [3.05, 3.63) is 0 Å². The highest BCUT2D eigenvalue weighted by Crippen LogP contribution is 2.49. The maximum atomic E-state index is 9.00. The number of aliphatic carboxylic acids is 1. The average Bonchev–Trinajstić information content (AvgIpc) is 2.17. The number of hydrogen-bond donors (Lipinski definition) is 1. The number of rotatable bonds is 0. The predicted octanol–water partition coefficient (Wildman–Crippen LogP) is 3.95. The number of fused-ring (bicyclic) bond motifs is 1. The van der Waals surface area contributed by atoms with Crippen molar-refractivity contribution in [3.63, 3.8) is 0 Å². The predicted molar refractivity (Wildman–Crippen MR) is 61.5 cm³/mol. The van der Waals surface area contributed by atoms with Gasteiger partial charge in [-0.2, -0.15) is 0 Å². The molecule has 0 aromatic rings. The Balaban J connectivity index is 0. The summed E-state index contributed by atoms with van der Waals surface area (Å²) in [6, 6.07) is 0. The van der Waals surface area contributed by atoms with Crippen molar-refractivity contribution in [1.82, 2.24) is 0 Å². The molecular formula is C12H26O2. The van der Waals surface area contributed by atoms with Gasteiger partial charge in [-0.3, -0.25) is 4.79 Å². The van der Waals surface area contributed by atoms with E-state index in [0.29, 0.717) is 0 Å². The monoisotopic (exact) mass is 202 g/mol. The van der Waals surface area contributed by atoms with E-state index in [-0.39, 0.29) is 0 Å². The van der Waals surface area contributed by atoms with E-state index in [0.717, 1.165) is 6.92 Å². The van der Waals surface area contributed by atoms with Gasteiger partial charge in [0.1, 0.15) is 0 Å². The highest BCUT2D eigenvalue weighted by Gasteiger charge is 2.37. The molecule has 2 nitrogen and oxygen atoms in total. The van der Waals surface area contributed by atoms with Crippen LogP contribution in [0, 0.1) is 11.8 Å². The Labute approximate surface area is 88.7 Å². The summed E-state index contributed by atoms with van der Waals surface area (Å²) >= 11 is 0. The normalized spacial score (nSPS) is 24.9. The molecule has 0 heterocycles. The second-order valence-corrected chi connectivity index (χ2v) is 3.19. The van der Waals surface area contributed by atoms with Gasteiger partial charge in [-0.1, -0.05) is 27.7 Å². The minimum absolute atomic E-state index is 0.833. The van der Waals surface area contributed by atoms with Gasteiger partial charge in [0.2, 0.25) is 0 Å². The fourth-order valence-corrected chi connectivity index (χ4v) is 1.56. The average molecular weight is 202 g/mol. The lowest BCUT2D eigenvalue weighted by atomic mass is 9.60. The molecule has 0 radical (unpaired) electrons. The molecule has 0 unspecified atom stereocenters. The topological polar surface area (TPSA) is 37.3 Å². The van der Waals surface area contributed by atoms with Crippen molar-refractivity contribution in [2.45, 2.75) is 60.3 Å². The fourth-order valence-electron chi connectivity index (χ4n) is 1.56. The Morgan fingerprint density at radius 3 is 1.07 bits per heavy atom. The molecule has 2 rings (SSSR count). The smallest absolute Gasteiger partial charge is 0.300 e. The highest BCUT2D eigenvalue weighted by atomic mass is 16.4. The molecule has 0 spiro atoms. The molecule has 0 aromatic heterocycles. The van der Waals surface area contributed by atoms with Crippen LogP contribution in [-0.2, 0) is 4.79 Å². The third kappa shape index (κ3) is 6.93. The Morgan fingerprint density at radius 1 is 0.929 bits per heavy atom. The van der Waals surface area contributed by atoms with Gasteiger partial charge in [-0.05, 0) is 37.5 Å². The minimum Gasteiger partial charge on any atom is -0.481 e. The molecule has 86 valence electrons. The molecule has 2 aliphatic carbocycles. The van der Waals surface area contributed by atoms with Crippen LogP contribution in [0.3, 0.4) is 0 Å². The number of carbonyl (C=O) groups is 1. The van der Waals surface area contributed by atoms with Crippen LogP contribution in [0.4, 0.5) is 0 Å². The first kappa shape index (κ1) is 15.9. The second-order valence-electron chi connectivity index (χ2n) is 3.19. The Kier molecular flexibility index (Phi) is 12.0. The van der Waals surface area contributed by atoms with Crippen molar-refractivity contribution >= 4 is 5.97 Å². The van der Waals surface area contributed by atoms with E-state index in [4.69, 9.17) is 9.90 Å². The molecule has 0 saturated heterocycles. The van der Waals surface area contributed by atoms with E-state index >= 15 is 0 Å².